The number of morpholine rings is 1. The lowest BCUT2D eigenvalue weighted by Crippen LogP contribution is -2.48. The number of carbonyl (C=O) groups excluding carboxylic acids is 2. The summed E-state index contributed by atoms with van der Waals surface area (Å²) in [6, 6.07) is 12.8. The van der Waals surface area contributed by atoms with Gasteiger partial charge in [0.2, 0.25) is 5.91 Å². The third kappa shape index (κ3) is 6.42. The Morgan fingerprint density at radius 3 is 2.48 bits per heavy atom. The fourth-order valence-corrected chi connectivity index (χ4v) is 3.28. The molecule has 1 aliphatic heterocycles. The number of nitrogens with one attached hydrogen (secondary N) is 2. The molecule has 1 saturated heterocycles. The molecule has 2 aromatic rings. The predicted octanol–water partition coefficient (Wildman–Crippen LogP) is 2.82. The van der Waals surface area contributed by atoms with Gasteiger partial charge in [0.25, 0.3) is 5.91 Å². The molecule has 166 valence electrons. The molecule has 2 aromatic carbocycles. The van der Waals surface area contributed by atoms with Crippen LogP contribution in [0.5, 0.6) is 5.75 Å². The van der Waals surface area contributed by atoms with Crippen LogP contribution in [0.25, 0.3) is 0 Å². The molecule has 2 N–H and O–H groups in total. The van der Waals surface area contributed by atoms with Crippen LogP contribution in [-0.2, 0) is 14.3 Å². The lowest BCUT2D eigenvalue weighted by atomic mass is 10.0. The van der Waals surface area contributed by atoms with Crippen molar-refractivity contribution in [3.63, 3.8) is 0 Å². The maximum absolute atomic E-state index is 14.6. The number of benzene rings is 2. The van der Waals surface area contributed by atoms with E-state index in [1.165, 1.54) is 6.07 Å². The van der Waals surface area contributed by atoms with Gasteiger partial charge in [0, 0.05) is 18.8 Å². The first kappa shape index (κ1) is 22.6. The average molecular weight is 429 g/mol. The van der Waals surface area contributed by atoms with Crippen LogP contribution in [0, 0.1) is 11.7 Å². The van der Waals surface area contributed by atoms with Gasteiger partial charge in [-0.25, -0.2) is 4.39 Å². The summed E-state index contributed by atoms with van der Waals surface area (Å²) in [6.45, 7) is 5.80. The molecule has 2 amide bonds. The molecule has 0 spiro atoms. The normalized spacial score (nSPS) is 14.8. The number of ether oxygens (including phenoxy) is 2. The molecule has 1 fully saturated rings. The van der Waals surface area contributed by atoms with Crippen molar-refractivity contribution in [1.82, 2.24) is 5.32 Å². The molecule has 3 rings (SSSR count). The quantitative estimate of drug-likeness (QED) is 0.675. The monoisotopic (exact) mass is 429 g/mol. The van der Waals surface area contributed by atoms with Crippen LogP contribution in [0.4, 0.5) is 15.8 Å². The summed E-state index contributed by atoms with van der Waals surface area (Å²) < 4.78 is 25.3. The van der Waals surface area contributed by atoms with E-state index in [4.69, 9.17) is 9.47 Å². The molecule has 1 atom stereocenters. The number of carbonyl (C=O) groups is 2. The van der Waals surface area contributed by atoms with Crippen LogP contribution in [0.1, 0.15) is 13.8 Å². The van der Waals surface area contributed by atoms with E-state index in [0.717, 1.165) is 0 Å². The predicted molar refractivity (Wildman–Crippen MR) is 117 cm³/mol. The standard InChI is InChI=1S/C23H28FN3O4/c1-16(2)22(26-21(28)15-31-18-6-4-3-5-7-18)23(29)25-17-8-9-20(19(24)14-17)27-10-12-30-13-11-27/h3-9,14,16,22H,10-13,15H2,1-2H3,(H,25,29)(H,26,28). The average Bonchev–Trinajstić information content (AvgIpc) is 2.77. The van der Waals surface area contributed by atoms with Crippen molar-refractivity contribution in [2.45, 2.75) is 19.9 Å². The first-order valence-corrected chi connectivity index (χ1v) is 10.3. The van der Waals surface area contributed by atoms with Crippen molar-refractivity contribution in [2.75, 3.05) is 43.1 Å². The SMILES string of the molecule is CC(C)C(NC(=O)COc1ccccc1)C(=O)Nc1ccc(N2CCOCC2)c(F)c1. The summed E-state index contributed by atoms with van der Waals surface area (Å²) in [7, 11) is 0. The van der Waals surface area contributed by atoms with Gasteiger partial charge in [0.05, 0.1) is 18.9 Å². The summed E-state index contributed by atoms with van der Waals surface area (Å²) in [5.41, 5.74) is 0.813. The number of anilines is 2. The Balaban J connectivity index is 1.58. The lowest BCUT2D eigenvalue weighted by Gasteiger charge is -2.29. The summed E-state index contributed by atoms with van der Waals surface area (Å²) in [6.07, 6.45) is 0. The van der Waals surface area contributed by atoms with Crippen molar-refractivity contribution in [1.29, 1.82) is 0 Å². The van der Waals surface area contributed by atoms with Crippen LogP contribution in [0.15, 0.2) is 48.5 Å². The lowest BCUT2D eigenvalue weighted by molar-refractivity contribution is -0.128. The van der Waals surface area contributed by atoms with E-state index in [1.807, 2.05) is 24.8 Å². The third-order valence-electron chi connectivity index (χ3n) is 4.95. The van der Waals surface area contributed by atoms with Gasteiger partial charge >= 0.3 is 0 Å². The molecule has 0 radical (unpaired) electrons. The van der Waals surface area contributed by atoms with E-state index in [2.05, 4.69) is 10.6 Å². The molecule has 1 heterocycles. The highest BCUT2D eigenvalue weighted by molar-refractivity contribution is 5.97. The van der Waals surface area contributed by atoms with Crippen molar-refractivity contribution >= 4 is 23.2 Å². The van der Waals surface area contributed by atoms with E-state index in [1.54, 1.807) is 36.4 Å². The second-order valence-corrected chi connectivity index (χ2v) is 7.65. The zero-order valence-electron chi connectivity index (χ0n) is 17.8. The van der Waals surface area contributed by atoms with Gasteiger partial charge < -0.3 is 25.0 Å². The van der Waals surface area contributed by atoms with Crippen LogP contribution >= 0.6 is 0 Å². The summed E-state index contributed by atoms with van der Waals surface area (Å²) in [4.78, 5) is 26.9. The first-order valence-electron chi connectivity index (χ1n) is 10.3. The minimum atomic E-state index is -0.783. The molecule has 7 nitrogen and oxygen atoms in total. The summed E-state index contributed by atoms with van der Waals surface area (Å²) in [5, 5.41) is 5.39. The Labute approximate surface area is 181 Å². The number of halogens is 1. The molecular weight excluding hydrogens is 401 g/mol. The van der Waals surface area contributed by atoms with E-state index in [-0.39, 0.29) is 12.5 Å². The van der Waals surface area contributed by atoms with E-state index in [0.29, 0.717) is 43.4 Å². The van der Waals surface area contributed by atoms with E-state index >= 15 is 0 Å². The van der Waals surface area contributed by atoms with Gasteiger partial charge in [-0.2, -0.15) is 0 Å². The van der Waals surface area contributed by atoms with Crippen LogP contribution < -0.4 is 20.3 Å². The largest absolute Gasteiger partial charge is 0.484 e. The zero-order chi connectivity index (χ0) is 22.2. The van der Waals surface area contributed by atoms with E-state index in [9.17, 15) is 14.0 Å². The fourth-order valence-electron chi connectivity index (χ4n) is 3.28. The van der Waals surface area contributed by atoms with E-state index < -0.39 is 23.7 Å². The number of hydrogen-bond acceptors (Lipinski definition) is 5. The molecule has 0 saturated carbocycles. The molecule has 1 unspecified atom stereocenters. The number of amides is 2. The Hall–Kier alpha value is -3.13. The second kappa shape index (κ2) is 10.8. The van der Waals surface area contributed by atoms with Crippen molar-refractivity contribution in [2.24, 2.45) is 5.92 Å². The molecule has 0 bridgehead atoms. The summed E-state index contributed by atoms with van der Waals surface area (Å²) in [5.74, 6) is -0.841. The molecule has 8 heteroatoms. The Morgan fingerprint density at radius 2 is 1.84 bits per heavy atom. The highest BCUT2D eigenvalue weighted by atomic mass is 19.1. The zero-order valence-corrected chi connectivity index (χ0v) is 17.8. The van der Waals surface area contributed by atoms with Crippen molar-refractivity contribution in [3.8, 4) is 5.75 Å². The highest BCUT2D eigenvalue weighted by Crippen LogP contribution is 2.24. The number of para-hydroxylation sites is 1. The molecule has 0 aromatic heterocycles. The third-order valence-corrected chi connectivity index (χ3v) is 4.95. The molecule has 31 heavy (non-hydrogen) atoms. The Bertz CT molecular complexity index is 886. The Kier molecular flexibility index (Phi) is 7.83. The molecular formula is C23H28FN3O4. The van der Waals surface area contributed by atoms with Crippen LogP contribution in [-0.4, -0.2) is 50.8 Å². The van der Waals surface area contributed by atoms with Gasteiger partial charge in [-0.05, 0) is 36.2 Å². The van der Waals surface area contributed by atoms with Gasteiger partial charge in [-0.3, -0.25) is 9.59 Å². The smallest absolute Gasteiger partial charge is 0.258 e. The first-order chi connectivity index (χ1) is 14.9. The minimum Gasteiger partial charge on any atom is -0.484 e. The maximum atomic E-state index is 14.6. The highest BCUT2D eigenvalue weighted by Gasteiger charge is 2.25. The van der Waals surface area contributed by atoms with Crippen LogP contribution in [0.3, 0.4) is 0 Å². The van der Waals surface area contributed by atoms with Crippen LogP contribution in [0.2, 0.25) is 0 Å². The minimum absolute atomic E-state index is 0.168. The molecule has 0 aliphatic carbocycles. The van der Waals surface area contributed by atoms with Gasteiger partial charge in [-0.15, -0.1) is 0 Å². The number of rotatable bonds is 8. The van der Waals surface area contributed by atoms with Gasteiger partial charge in [0.15, 0.2) is 6.61 Å². The van der Waals surface area contributed by atoms with Gasteiger partial charge in [-0.1, -0.05) is 32.0 Å². The second-order valence-electron chi connectivity index (χ2n) is 7.65. The van der Waals surface area contributed by atoms with Gasteiger partial charge in [0.1, 0.15) is 17.6 Å². The fraction of sp³-hybridized carbons (Fsp3) is 0.391. The molecule has 1 aliphatic rings. The summed E-state index contributed by atoms with van der Waals surface area (Å²) >= 11 is 0. The Morgan fingerprint density at radius 1 is 1.13 bits per heavy atom. The number of nitrogens with zero attached hydrogens (tertiary/aromatic N) is 1. The topological polar surface area (TPSA) is 79.9 Å². The maximum Gasteiger partial charge on any atom is 0.258 e. The van der Waals surface area contributed by atoms with Crippen molar-refractivity contribution in [3.05, 3.63) is 54.3 Å². The number of hydrogen-bond donors (Lipinski definition) is 2. The van der Waals surface area contributed by atoms with Crippen molar-refractivity contribution < 1.29 is 23.5 Å².